The quantitative estimate of drug-likeness (QED) is 0.601. The van der Waals surface area contributed by atoms with Gasteiger partial charge in [0.2, 0.25) is 0 Å². The van der Waals surface area contributed by atoms with E-state index in [1.165, 1.54) is 6.07 Å². The number of nitriles is 1. The lowest BCUT2D eigenvalue weighted by Crippen LogP contribution is -2.10. The van der Waals surface area contributed by atoms with E-state index >= 15 is 0 Å². The van der Waals surface area contributed by atoms with Gasteiger partial charge in [0, 0.05) is 12.0 Å². The summed E-state index contributed by atoms with van der Waals surface area (Å²) in [5, 5.41) is 8.29. The van der Waals surface area contributed by atoms with Crippen LogP contribution in [0.4, 0.5) is 13.2 Å². The number of carbonyl (C=O) groups is 1. The van der Waals surface area contributed by atoms with Crippen molar-refractivity contribution in [3.8, 4) is 11.8 Å². The Labute approximate surface area is 102 Å². The number of benzene rings is 1. The van der Waals surface area contributed by atoms with Crippen LogP contribution in [-0.4, -0.2) is 12.9 Å². The van der Waals surface area contributed by atoms with Crippen molar-refractivity contribution in [1.82, 2.24) is 0 Å². The molecule has 0 spiro atoms. The largest absolute Gasteiger partial charge is 0.493 e. The Bertz CT molecular complexity index is 463. The number of ether oxygens (including phenoxy) is 1. The van der Waals surface area contributed by atoms with Crippen LogP contribution in [0.3, 0.4) is 0 Å². The SMILES string of the molecule is N#CCCCOc1ccc(C=O)cc1C(F)(F)F. The van der Waals surface area contributed by atoms with Crippen molar-refractivity contribution in [1.29, 1.82) is 5.26 Å². The molecule has 1 rings (SSSR count). The third kappa shape index (κ3) is 3.77. The maximum absolute atomic E-state index is 12.7. The summed E-state index contributed by atoms with van der Waals surface area (Å²) in [6.07, 6.45) is -3.67. The van der Waals surface area contributed by atoms with Crippen LogP contribution in [0.25, 0.3) is 0 Å². The first kappa shape index (κ1) is 14.0. The molecule has 0 fully saturated rings. The first-order chi connectivity index (χ1) is 8.49. The summed E-state index contributed by atoms with van der Waals surface area (Å²) in [5.41, 5.74) is -1.05. The van der Waals surface area contributed by atoms with Crippen molar-refractivity contribution >= 4 is 6.29 Å². The van der Waals surface area contributed by atoms with Gasteiger partial charge in [-0.3, -0.25) is 4.79 Å². The standard InChI is InChI=1S/C12H10F3NO2/c13-12(14,15)10-7-9(8-17)3-4-11(10)18-6-2-1-5-16/h3-4,7-8H,1-2,6H2. The number of aldehydes is 1. The Balaban J connectivity index is 2.90. The number of hydrogen-bond donors (Lipinski definition) is 0. The highest BCUT2D eigenvalue weighted by molar-refractivity contribution is 5.75. The van der Waals surface area contributed by atoms with Gasteiger partial charge >= 0.3 is 6.18 Å². The van der Waals surface area contributed by atoms with Crippen LogP contribution in [0.2, 0.25) is 0 Å². The topological polar surface area (TPSA) is 50.1 Å². The fourth-order valence-electron chi connectivity index (χ4n) is 1.30. The van der Waals surface area contributed by atoms with Crippen LogP contribution >= 0.6 is 0 Å². The number of halogens is 3. The van der Waals surface area contributed by atoms with Gasteiger partial charge in [-0.15, -0.1) is 0 Å². The van der Waals surface area contributed by atoms with Crippen molar-refractivity contribution in [2.24, 2.45) is 0 Å². The van der Waals surface area contributed by atoms with Crippen LogP contribution in [0, 0.1) is 11.3 Å². The first-order valence-corrected chi connectivity index (χ1v) is 5.15. The van der Waals surface area contributed by atoms with Gasteiger partial charge in [0.15, 0.2) is 0 Å². The third-order valence-corrected chi connectivity index (χ3v) is 2.14. The zero-order valence-corrected chi connectivity index (χ0v) is 9.33. The Morgan fingerprint density at radius 2 is 2.11 bits per heavy atom. The van der Waals surface area contributed by atoms with Crippen LogP contribution in [0.1, 0.15) is 28.8 Å². The van der Waals surface area contributed by atoms with Gasteiger partial charge in [0.05, 0.1) is 18.2 Å². The number of carbonyl (C=O) groups excluding carboxylic acids is 1. The lowest BCUT2D eigenvalue weighted by atomic mass is 10.1. The Morgan fingerprint density at radius 1 is 1.39 bits per heavy atom. The molecule has 3 nitrogen and oxygen atoms in total. The van der Waals surface area contributed by atoms with Gasteiger partial charge in [-0.1, -0.05) is 0 Å². The summed E-state index contributed by atoms with van der Waals surface area (Å²) in [6.45, 7) is 0.0249. The van der Waals surface area contributed by atoms with E-state index < -0.39 is 11.7 Å². The second-order valence-corrected chi connectivity index (χ2v) is 3.48. The van der Waals surface area contributed by atoms with E-state index in [-0.39, 0.29) is 24.3 Å². The minimum atomic E-state index is -4.58. The molecule has 6 heteroatoms. The smallest absolute Gasteiger partial charge is 0.419 e. The molecule has 96 valence electrons. The summed E-state index contributed by atoms with van der Waals surface area (Å²) < 4.78 is 43.1. The molecule has 0 aliphatic rings. The lowest BCUT2D eigenvalue weighted by Gasteiger charge is -2.14. The maximum atomic E-state index is 12.7. The van der Waals surface area contributed by atoms with Crippen molar-refractivity contribution in [3.05, 3.63) is 29.3 Å². The molecule has 0 atom stereocenters. The Hall–Kier alpha value is -2.03. The highest BCUT2D eigenvalue weighted by Crippen LogP contribution is 2.36. The third-order valence-electron chi connectivity index (χ3n) is 2.14. The van der Waals surface area contributed by atoms with Gasteiger partial charge in [0.25, 0.3) is 0 Å². The van der Waals surface area contributed by atoms with Gasteiger partial charge < -0.3 is 4.74 Å². The number of rotatable bonds is 5. The number of alkyl halides is 3. The zero-order valence-electron chi connectivity index (χ0n) is 9.33. The minimum absolute atomic E-state index is 0.0249. The second kappa shape index (κ2) is 6.05. The maximum Gasteiger partial charge on any atom is 0.419 e. The van der Waals surface area contributed by atoms with E-state index in [0.29, 0.717) is 12.7 Å². The van der Waals surface area contributed by atoms with Gasteiger partial charge in [-0.05, 0) is 24.6 Å². The average molecular weight is 257 g/mol. The molecule has 0 saturated carbocycles. The molecular weight excluding hydrogens is 247 g/mol. The average Bonchev–Trinajstić information content (AvgIpc) is 2.33. The summed E-state index contributed by atoms with van der Waals surface area (Å²) >= 11 is 0. The van der Waals surface area contributed by atoms with Crippen molar-refractivity contribution < 1.29 is 22.7 Å². The van der Waals surface area contributed by atoms with Gasteiger partial charge in [0.1, 0.15) is 12.0 Å². The van der Waals surface area contributed by atoms with Crippen LogP contribution in [0.15, 0.2) is 18.2 Å². The molecule has 0 aliphatic carbocycles. The second-order valence-electron chi connectivity index (χ2n) is 3.48. The summed E-state index contributed by atoms with van der Waals surface area (Å²) in [7, 11) is 0. The van der Waals surface area contributed by atoms with Gasteiger partial charge in [-0.25, -0.2) is 0 Å². The Kier molecular flexibility index (Phi) is 4.72. The lowest BCUT2D eigenvalue weighted by molar-refractivity contribution is -0.139. The fraction of sp³-hybridized carbons (Fsp3) is 0.333. The molecular formula is C12H10F3NO2. The van der Waals surface area contributed by atoms with Gasteiger partial charge in [-0.2, -0.15) is 18.4 Å². The summed E-state index contributed by atoms with van der Waals surface area (Å²) in [5.74, 6) is -0.328. The minimum Gasteiger partial charge on any atom is -0.493 e. The molecule has 0 N–H and O–H groups in total. The molecule has 0 heterocycles. The molecule has 0 aliphatic heterocycles. The first-order valence-electron chi connectivity index (χ1n) is 5.15. The normalized spacial score (nSPS) is 10.8. The highest BCUT2D eigenvalue weighted by Gasteiger charge is 2.34. The molecule has 1 aromatic rings. The Morgan fingerprint density at radius 3 is 2.67 bits per heavy atom. The molecule has 18 heavy (non-hydrogen) atoms. The monoisotopic (exact) mass is 257 g/mol. The summed E-state index contributed by atoms with van der Waals surface area (Å²) in [6, 6.07) is 4.97. The van der Waals surface area contributed by atoms with E-state index in [9.17, 15) is 18.0 Å². The zero-order chi connectivity index (χ0) is 13.6. The highest BCUT2D eigenvalue weighted by atomic mass is 19.4. The number of nitrogens with zero attached hydrogens (tertiary/aromatic N) is 1. The van der Waals surface area contributed by atoms with E-state index in [4.69, 9.17) is 10.00 Å². The predicted octanol–water partition coefficient (Wildman–Crippen LogP) is 3.20. The van der Waals surface area contributed by atoms with Crippen molar-refractivity contribution in [2.45, 2.75) is 19.0 Å². The molecule has 0 aromatic heterocycles. The molecule has 0 bridgehead atoms. The van der Waals surface area contributed by atoms with E-state index in [0.717, 1.165) is 12.1 Å². The van der Waals surface area contributed by atoms with E-state index in [1.54, 1.807) is 0 Å². The molecule has 0 amide bonds. The van der Waals surface area contributed by atoms with Crippen LogP contribution in [0.5, 0.6) is 5.75 Å². The summed E-state index contributed by atoms with van der Waals surface area (Å²) in [4.78, 5) is 10.5. The molecule has 0 saturated heterocycles. The molecule has 0 unspecified atom stereocenters. The van der Waals surface area contributed by atoms with Crippen LogP contribution < -0.4 is 4.74 Å². The predicted molar refractivity (Wildman–Crippen MR) is 57.2 cm³/mol. The van der Waals surface area contributed by atoms with Crippen LogP contribution in [-0.2, 0) is 6.18 Å². The molecule has 0 radical (unpaired) electrons. The molecule has 1 aromatic carbocycles. The van der Waals surface area contributed by atoms with E-state index in [2.05, 4.69) is 0 Å². The fourth-order valence-corrected chi connectivity index (χ4v) is 1.30. The van der Waals surface area contributed by atoms with E-state index in [1.807, 2.05) is 6.07 Å². The van der Waals surface area contributed by atoms with Crippen molar-refractivity contribution in [3.63, 3.8) is 0 Å². The number of unbranched alkanes of at least 4 members (excludes halogenated alkanes) is 1. The van der Waals surface area contributed by atoms with Crippen molar-refractivity contribution in [2.75, 3.05) is 6.61 Å². The number of hydrogen-bond acceptors (Lipinski definition) is 3.